The zero-order valence-corrected chi connectivity index (χ0v) is 13.8. The predicted octanol–water partition coefficient (Wildman–Crippen LogP) is 4.77. The van der Waals surface area contributed by atoms with Gasteiger partial charge in [-0.05, 0) is 24.3 Å². The van der Waals surface area contributed by atoms with Gasteiger partial charge in [0.25, 0.3) is 5.91 Å². The lowest BCUT2D eigenvalue weighted by atomic mass is 10.2. The first-order valence-corrected chi connectivity index (χ1v) is 7.36. The molecule has 0 heterocycles. The van der Waals surface area contributed by atoms with Gasteiger partial charge in [-0.2, -0.15) is 5.10 Å². The van der Waals surface area contributed by atoms with Crippen molar-refractivity contribution in [2.24, 2.45) is 5.10 Å². The maximum absolute atomic E-state index is 12.0. The van der Waals surface area contributed by atoms with Crippen molar-refractivity contribution in [2.75, 3.05) is 0 Å². The van der Waals surface area contributed by atoms with Gasteiger partial charge in [0.2, 0.25) is 0 Å². The number of amides is 1. The fraction of sp³-hybridized carbons (Fsp3) is 0. The predicted molar refractivity (Wildman–Crippen MR) is 89.6 cm³/mol. The lowest BCUT2D eigenvalue weighted by Gasteiger charge is -2.05. The molecule has 2 aromatic carbocycles. The number of carbonyl (C=O) groups excluding carboxylic acids is 1. The van der Waals surface area contributed by atoms with E-state index in [0.29, 0.717) is 5.02 Å². The van der Waals surface area contributed by atoms with Gasteiger partial charge in [-0.25, -0.2) is 5.43 Å². The van der Waals surface area contributed by atoms with Gasteiger partial charge in [0, 0.05) is 10.6 Å². The van der Waals surface area contributed by atoms with E-state index in [1.54, 1.807) is 6.07 Å². The zero-order valence-electron chi connectivity index (χ0n) is 10.8. The molecular weight excluding hydrogens is 370 g/mol. The molecule has 0 atom stereocenters. The molecule has 114 valence electrons. The number of benzene rings is 2. The first kappa shape index (κ1) is 16.9. The molecule has 2 rings (SSSR count). The van der Waals surface area contributed by atoms with Crippen molar-refractivity contribution < 1.29 is 9.90 Å². The first-order valence-electron chi connectivity index (χ1n) is 5.85. The van der Waals surface area contributed by atoms with E-state index in [2.05, 4.69) is 10.5 Å². The Morgan fingerprint density at radius 1 is 1.09 bits per heavy atom. The maximum atomic E-state index is 12.0. The van der Waals surface area contributed by atoms with Crippen molar-refractivity contribution in [3.8, 4) is 5.75 Å². The standard InChI is InChI=1S/C14H8Cl4N2O2/c15-8-4-7(13(21)11(18)5-8)6-19-20-14(22)12-9(16)2-1-3-10(12)17/h1-6,21H,(H,20,22)/b19-6+. The van der Waals surface area contributed by atoms with Gasteiger partial charge in [-0.15, -0.1) is 0 Å². The number of hydrogen-bond acceptors (Lipinski definition) is 3. The van der Waals surface area contributed by atoms with E-state index in [9.17, 15) is 9.90 Å². The van der Waals surface area contributed by atoms with E-state index >= 15 is 0 Å². The lowest BCUT2D eigenvalue weighted by molar-refractivity contribution is 0.0955. The number of hydrazone groups is 1. The van der Waals surface area contributed by atoms with Crippen LogP contribution in [-0.4, -0.2) is 17.2 Å². The molecule has 0 saturated heterocycles. The van der Waals surface area contributed by atoms with Gasteiger partial charge < -0.3 is 5.11 Å². The largest absolute Gasteiger partial charge is 0.506 e. The Hall–Kier alpha value is -1.46. The van der Waals surface area contributed by atoms with Gasteiger partial charge in [0.1, 0.15) is 5.75 Å². The van der Waals surface area contributed by atoms with Crippen LogP contribution in [0.1, 0.15) is 15.9 Å². The van der Waals surface area contributed by atoms with Gasteiger partial charge in [-0.3, -0.25) is 4.79 Å². The number of phenolic OH excluding ortho intramolecular Hbond substituents is 1. The van der Waals surface area contributed by atoms with Crippen LogP contribution in [-0.2, 0) is 0 Å². The van der Waals surface area contributed by atoms with E-state index in [1.165, 1.54) is 30.5 Å². The molecule has 0 fully saturated rings. The van der Waals surface area contributed by atoms with E-state index in [1.807, 2.05) is 0 Å². The second-order valence-electron chi connectivity index (χ2n) is 4.12. The monoisotopic (exact) mass is 376 g/mol. The van der Waals surface area contributed by atoms with Gasteiger partial charge in [0.15, 0.2) is 0 Å². The highest BCUT2D eigenvalue weighted by Gasteiger charge is 2.13. The summed E-state index contributed by atoms with van der Waals surface area (Å²) in [4.78, 5) is 12.0. The summed E-state index contributed by atoms with van der Waals surface area (Å²) in [5, 5.41) is 14.3. The van der Waals surface area contributed by atoms with Crippen molar-refractivity contribution in [2.45, 2.75) is 0 Å². The molecule has 0 radical (unpaired) electrons. The summed E-state index contributed by atoms with van der Waals surface area (Å²) in [5.74, 6) is -0.778. The summed E-state index contributed by atoms with van der Waals surface area (Å²) in [6, 6.07) is 7.53. The van der Waals surface area contributed by atoms with Crippen molar-refractivity contribution in [3.63, 3.8) is 0 Å². The molecule has 0 bridgehead atoms. The molecule has 22 heavy (non-hydrogen) atoms. The van der Waals surface area contributed by atoms with Gasteiger partial charge in [-0.1, -0.05) is 52.5 Å². The van der Waals surface area contributed by atoms with E-state index in [-0.39, 0.29) is 31.9 Å². The third kappa shape index (κ3) is 3.84. The number of nitrogens with one attached hydrogen (secondary N) is 1. The van der Waals surface area contributed by atoms with Crippen LogP contribution in [0.3, 0.4) is 0 Å². The van der Waals surface area contributed by atoms with E-state index < -0.39 is 5.91 Å². The van der Waals surface area contributed by atoms with Gasteiger partial charge in [0.05, 0.1) is 26.8 Å². The third-order valence-corrected chi connectivity index (χ3v) is 3.75. The molecule has 0 unspecified atom stereocenters. The summed E-state index contributed by atoms with van der Waals surface area (Å²) >= 11 is 23.4. The Morgan fingerprint density at radius 3 is 2.36 bits per heavy atom. The maximum Gasteiger partial charge on any atom is 0.274 e. The highest BCUT2D eigenvalue weighted by atomic mass is 35.5. The van der Waals surface area contributed by atoms with Gasteiger partial charge >= 0.3 is 0 Å². The number of phenols is 1. The van der Waals surface area contributed by atoms with Crippen LogP contribution in [0, 0.1) is 0 Å². The number of hydrogen-bond donors (Lipinski definition) is 2. The van der Waals surface area contributed by atoms with Crippen LogP contribution in [0.5, 0.6) is 5.75 Å². The Bertz CT molecular complexity index is 742. The molecule has 0 saturated carbocycles. The fourth-order valence-electron chi connectivity index (χ4n) is 1.62. The average Bonchev–Trinajstić information content (AvgIpc) is 2.43. The highest BCUT2D eigenvalue weighted by Crippen LogP contribution is 2.30. The summed E-state index contributed by atoms with van der Waals surface area (Å²) in [6.45, 7) is 0. The van der Waals surface area contributed by atoms with E-state index in [4.69, 9.17) is 46.4 Å². The second-order valence-corrected chi connectivity index (χ2v) is 5.78. The number of nitrogens with zero attached hydrogens (tertiary/aromatic N) is 1. The summed E-state index contributed by atoms with van der Waals surface area (Å²) in [5.41, 5.74) is 2.62. The summed E-state index contributed by atoms with van der Waals surface area (Å²) in [7, 11) is 0. The molecule has 0 aliphatic rings. The van der Waals surface area contributed by atoms with Crippen LogP contribution in [0.4, 0.5) is 0 Å². The van der Waals surface area contributed by atoms with Crippen molar-refractivity contribution in [3.05, 3.63) is 61.5 Å². The third-order valence-electron chi connectivity index (χ3n) is 2.62. The molecule has 8 heteroatoms. The number of carbonyl (C=O) groups is 1. The number of halogens is 4. The minimum Gasteiger partial charge on any atom is -0.506 e. The summed E-state index contributed by atoms with van der Waals surface area (Å²) < 4.78 is 0. The molecule has 1 amide bonds. The van der Waals surface area contributed by atoms with Crippen molar-refractivity contribution >= 4 is 58.5 Å². The normalized spacial score (nSPS) is 10.9. The first-order chi connectivity index (χ1) is 10.4. The molecule has 2 N–H and O–H groups in total. The molecule has 0 aliphatic carbocycles. The van der Waals surface area contributed by atoms with Crippen LogP contribution in [0.15, 0.2) is 35.4 Å². The zero-order chi connectivity index (χ0) is 16.3. The molecule has 2 aromatic rings. The van der Waals surface area contributed by atoms with Crippen LogP contribution >= 0.6 is 46.4 Å². The molecular formula is C14H8Cl4N2O2. The second kappa shape index (κ2) is 7.20. The molecule has 0 aromatic heterocycles. The number of rotatable bonds is 3. The Labute approximate surface area is 146 Å². The Kier molecular flexibility index (Phi) is 5.53. The van der Waals surface area contributed by atoms with Crippen molar-refractivity contribution in [1.29, 1.82) is 0 Å². The van der Waals surface area contributed by atoms with Crippen LogP contribution in [0.2, 0.25) is 20.1 Å². The molecule has 0 spiro atoms. The highest BCUT2D eigenvalue weighted by molar-refractivity contribution is 6.39. The summed E-state index contributed by atoms with van der Waals surface area (Å²) in [6.07, 6.45) is 1.20. The smallest absolute Gasteiger partial charge is 0.274 e. The fourth-order valence-corrected chi connectivity index (χ4v) is 2.69. The topological polar surface area (TPSA) is 61.7 Å². The Morgan fingerprint density at radius 2 is 1.73 bits per heavy atom. The minimum atomic E-state index is -0.584. The number of aromatic hydroxyl groups is 1. The minimum absolute atomic E-state index is 0.0782. The SMILES string of the molecule is O=C(N/N=C/c1cc(Cl)cc(Cl)c1O)c1c(Cl)cccc1Cl. The van der Waals surface area contributed by atoms with E-state index in [0.717, 1.165) is 0 Å². The average molecular weight is 378 g/mol. The molecule has 4 nitrogen and oxygen atoms in total. The lowest BCUT2D eigenvalue weighted by Crippen LogP contribution is -2.18. The molecule has 0 aliphatic heterocycles. The van der Waals surface area contributed by atoms with Crippen LogP contribution < -0.4 is 5.43 Å². The van der Waals surface area contributed by atoms with Crippen molar-refractivity contribution in [1.82, 2.24) is 5.43 Å². The Balaban J connectivity index is 2.18. The van der Waals surface area contributed by atoms with Crippen LogP contribution in [0.25, 0.3) is 0 Å². The quantitative estimate of drug-likeness (QED) is 0.597.